The molecule has 1 aliphatic heterocycles. The van der Waals surface area contributed by atoms with E-state index in [1.807, 2.05) is 0 Å². The Kier molecular flexibility index (Phi) is 4.17. The van der Waals surface area contributed by atoms with Crippen LogP contribution in [-0.2, 0) is 0 Å². The highest BCUT2D eigenvalue weighted by Crippen LogP contribution is 2.49. The molecule has 1 heterocycles. The van der Waals surface area contributed by atoms with E-state index < -0.39 is 0 Å². The van der Waals surface area contributed by atoms with Crippen molar-refractivity contribution < 1.29 is 5.21 Å². The molecule has 20 heavy (non-hydrogen) atoms. The van der Waals surface area contributed by atoms with E-state index in [1.165, 1.54) is 64.7 Å². The van der Waals surface area contributed by atoms with Gasteiger partial charge in [-0.15, -0.1) is 0 Å². The number of hydrogen-bond donors (Lipinski definition) is 2. The van der Waals surface area contributed by atoms with Gasteiger partial charge in [-0.3, -0.25) is 4.90 Å². The predicted octanol–water partition coefficient (Wildman–Crippen LogP) is 1.46. The van der Waals surface area contributed by atoms with Crippen molar-refractivity contribution in [2.45, 2.75) is 51.0 Å². The monoisotopic (exact) mass is 280 g/mol. The molecule has 0 bridgehead atoms. The van der Waals surface area contributed by atoms with E-state index in [0.29, 0.717) is 11.3 Å². The average Bonchev–Trinajstić information content (AvgIpc) is 3.00. The fourth-order valence-electron chi connectivity index (χ4n) is 4.02. The third-order valence-corrected chi connectivity index (χ3v) is 5.45. The van der Waals surface area contributed by atoms with Crippen LogP contribution in [0.4, 0.5) is 0 Å². The van der Waals surface area contributed by atoms with E-state index >= 15 is 0 Å². The zero-order valence-electron chi connectivity index (χ0n) is 12.4. The van der Waals surface area contributed by atoms with Gasteiger partial charge in [0.05, 0.1) is 0 Å². The number of rotatable bonds is 5. The van der Waals surface area contributed by atoms with Crippen LogP contribution in [0.5, 0.6) is 0 Å². The van der Waals surface area contributed by atoms with Gasteiger partial charge in [0.25, 0.3) is 0 Å². The summed E-state index contributed by atoms with van der Waals surface area (Å²) >= 11 is 0. The number of nitrogens with two attached hydrogens (primary N) is 1. The molecular weight excluding hydrogens is 252 g/mol. The molecule has 3 aliphatic rings. The Hall–Kier alpha value is -0.810. The van der Waals surface area contributed by atoms with E-state index in [4.69, 9.17) is 10.9 Å². The molecule has 2 saturated carbocycles. The summed E-state index contributed by atoms with van der Waals surface area (Å²) in [5.41, 5.74) is 5.99. The first-order chi connectivity index (χ1) is 9.71. The average molecular weight is 280 g/mol. The lowest BCUT2D eigenvalue weighted by atomic mass is 10.0. The topological polar surface area (TPSA) is 65.1 Å². The van der Waals surface area contributed by atoms with Gasteiger partial charge >= 0.3 is 0 Å². The third-order valence-electron chi connectivity index (χ3n) is 5.45. The van der Waals surface area contributed by atoms with Crippen LogP contribution in [0.25, 0.3) is 0 Å². The molecule has 3 fully saturated rings. The van der Waals surface area contributed by atoms with E-state index in [1.54, 1.807) is 0 Å². The molecule has 0 radical (unpaired) electrons. The smallest absolute Gasteiger partial charge is 0.139 e. The van der Waals surface area contributed by atoms with Crippen LogP contribution in [-0.4, -0.2) is 59.6 Å². The van der Waals surface area contributed by atoms with Crippen LogP contribution in [0.1, 0.15) is 44.9 Å². The normalized spacial score (nSPS) is 28.9. The van der Waals surface area contributed by atoms with Crippen LogP contribution >= 0.6 is 0 Å². The second-order valence-electron chi connectivity index (χ2n) is 7.02. The number of hydrogen-bond acceptors (Lipinski definition) is 4. The van der Waals surface area contributed by atoms with Gasteiger partial charge in [-0.2, -0.15) is 0 Å². The summed E-state index contributed by atoms with van der Waals surface area (Å²) in [5.74, 6) is 0.395. The van der Waals surface area contributed by atoms with Crippen LogP contribution in [0.2, 0.25) is 0 Å². The molecule has 3 N–H and O–H groups in total. The molecule has 5 nitrogen and oxygen atoms in total. The van der Waals surface area contributed by atoms with Gasteiger partial charge < -0.3 is 15.8 Å². The molecule has 0 aromatic rings. The molecule has 0 atom stereocenters. The fourth-order valence-corrected chi connectivity index (χ4v) is 4.02. The Labute approximate surface area is 121 Å². The molecule has 0 spiro atoms. The third kappa shape index (κ3) is 3.26. The highest BCUT2D eigenvalue weighted by Gasteiger charge is 2.45. The van der Waals surface area contributed by atoms with E-state index in [9.17, 15) is 0 Å². The lowest BCUT2D eigenvalue weighted by Crippen LogP contribution is -2.51. The van der Waals surface area contributed by atoms with Gasteiger partial charge in [-0.1, -0.05) is 18.0 Å². The van der Waals surface area contributed by atoms with Crippen LogP contribution in [0.3, 0.4) is 0 Å². The lowest BCUT2D eigenvalue weighted by molar-refractivity contribution is 0.0849. The largest absolute Gasteiger partial charge is 0.409 e. The first kappa shape index (κ1) is 14.1. The number of piperazine rings is 1. The fraction of sp³-hybridized carbons (Fsp3) is 0.933. The summed E-state index contributed by atoms with van der Waals surface area (Å²) in [6.45, 7) is 5.96. The van der Waals surface area contributed by atoms with E-state index in [-0.39, 0.29) is 0 Å². The lowest BCUT2D eigenvalue weighted by Gasteiger charge is -2.39. The maximum absolute atomic E-state index is 8.73. The summed E-state index contributed by atoms with van der Waals surface area (Å²) in [5, 5.41) is 11.9. The molecule has 2 aliphatic carbocycles. The van der Waals surface area contributed by atoms with Crippen molar-refractivity contribution >= 4 is 5.84 Å². The molecule has 114 valence electrons. The summed E-state index contributed by atoms with van der Waals surface area (Å²) in [6.07, 6.45) is 8.88. The van der Waals surface area contributed by atoms with Crippen molar-refractivity contribution in [1.29, 1.82) is 0 Å². The van der Waals surface area contributed by atoms with Crippen LogP contribution in [0.15, 0.2) is 5.16 Å². The number of oxime groups is 1. The molecule has 0 unspecified atom stereocenters. The van der Waals surface area contributed by atoms with Gasteiger partial charge in [0.2, 0.25) is 0 Å². The Morgan fingerprint density at radius 1 is 1.15 bits per heavy atom. The molecule has 5 heteroatoms. The van der Waals surface area contributed by atoms with Crippen LogP contribution in [0, 0.1) is 5.41 Å². The van der Waals surface area contributed by atoms with Gasteiger partial charge in [0.15, 0.2) is 0 Å². The summed E-state index contributed by atoms with van der Waals surface area (Å²) < 4.78 is 0. The zero-order valence-corrected chi connectivity index (χ0v) is 12.4. The number of nitrogens with zero attached hydrogens (tertiary/aromatic N) is 3. The van der Waals surface area contributed by atoms with Crippen molar-refractivity contribution in [3.05, 3.63) is 0 Å². The highest BCUT2D eigenvalue weighted by atomic mass is 16.4. The summed E-state index contributed by atoms with van der Waals surface area (Å²) in [6, 6.07) is 0.865. The minimum absolute atomic E-state index is 0.311. The second kappa shape index (κ2) is 5.90. The second-order valence-corrected chi connectivity index (χ2v) is 7.02. The minimum atomic E-state index is 0.311. The molecule has 1 saturated heterocycles. The minimum Gasteiger partial charge on any atom is -0.409 e. The number of amidine groups is 1. The van der Waals surface area contributed by atoms with Crippen molar-refractivity contribution in [1.82, 2.24) is 9.80 Å². The van der Waals surface area contributed by atoms with Gasteiger partial charge in [-0.25, -0.2) is 0 Å². The summed E-state index contributed by atoms with van der Waals surface area (Å²) in [7, 11) is 0. The Bertz CT molecular complexity index is 353. The SMILES string of the molecule is NC(CC1(CN2CCN(C3CCCC3)CC2)CC1)=NO. The van der Waals surface area contributed by atoms with Gasteiger partial charge in [-0.05, 0) is 31.1 Å². The maximum atomic E-state index is 8.73. The van der Waals surface area contributed by atoms with Crippen molar-refractivity contribution in [3.63, 3.8) is 0 Å². The highest BCUT2D eigenvalue weighted by molar-refractivity contribution is 5.80. The van der Waals surface area contributed by atoms with Gasteiger partial charge in [0.1, 0.15) is 5.84 Å². The van der Waals surface area contributed by atoms with E-state index in [2.05, 4.69) is 15.0 Å². The van der Waals surface area contributed by atoms with Gasteiger partial charge in [0, 0.05) is 45.2 Å². The maximum Gasteiger partial charge on any atom is 0.139 e. The molecule has 3 rings (SSSR count). The van der Waals surface area contributed by atoms with Crippen molar-refractivity contribution in [2.75, 3.05) is 32.7 Å². The molecule has 0 aromatic carbocycles. The van der Waals surface area contributed by atoms with Crippen molar-refractivity contribution in [3.8, 4) is 0 Å². The standard InChI is InChI=1S/C15H28N4O/c16-14(17-20)11-15(5-6-15)12-18-7-9-19(10-8-18)13-3-1-2-4-13/h13,20H,1-12H2,(H2,16,17). The van der Waals surface area contributed by atoms with Crippen molar-refractivity contribution in [2.24, 2.45) is 16.3 Å². The first-order valence-corrected chi connectivity index (χ1v) is 8.14. The quantitative estimate of drug-likeness (QED) is 0.346. The van der Waals surface area contributed by atoms with E-state index in [0.717, 1.165) is 19.0 Å². The molecule has 0 aromatic heterocycles. The zero-order chi connectivity index (χ0) is 14.0. The Balaban J connectivity index is 1.44. The predicted molar refractivity (Wildman–Crippen MR) is 80.0 cm³/mol. The molecular formula is C15H28N4O. The first-order valence-electron chi connectivity index (χ1n) is 8.14. The summed E-state index contributed by atoms with van der Waals surface area (Å²) in [4.78, 5) is 5.29. The van der Waals surface area contributed by atoms with Crippen LogP contribution < -0.4 is 5.73 Å². The Morgan fingerprint density at radius 3 is 2.35 bits per heavy atom. The molecule has 0 amide bonds. The Morgan fingerprint density at radius 2 is 1.80 bits per heavy atom.